The lowest BCUT2D eigenvalue weighted by Crippen LogP contribution is -2.19. The van der Waals surface area contributed by atoms with Gasteiger partial charge in [-0.2, -0.15) is 0 Å². The van der Waals surface area contributed by atoms with Gasteiger partial charge in [0.05, 0.1) is 16.9 Å². The first-order chi connectivity index (χ1) is 8.99. The number of anilines is 2. The molecule has 0 aliphatic carbocycles. The number of carboxylic acid groups (broad SMARTS) is 1. The summed E-state index contributed by atoms with van der Waals surface area (Å²) in [6.45, 7) is 1.78. The Balaban J connectivity index is 2.40. The van der Waals surface area contributed by atoms with Gasteiger partial charge >= 0.3 is 5.97 Å². The molecule has 19 heavy (non-hydrogen) atoms. The molecule has 6 nitrogen and oxygen atoms in total. The molecule has 0 bridgehead atoms. The molecule has 2 aromatic rings. The highest BCUT2D eigenvalue weighted by Gasteiger charge is 2.18. The van der Waals surface area contributed by atoms with Gasteiger partial charge < -0.3 is 5.11 Å². The minimum absolute atomic E-state index is 0.114. The summed E-state index contributed by atoms with van der Waals surface area (Å²) in [7, 11) is 0. The molecule has 1 unspecified atom stereocenters. The van der Waals surface area contributed by atoms with Gasteiger partial charge in [-0.3, -0.25) is 4.55 Å². The number of aryl methyl sites for hydroxylation is 1. The van der Waals surface area contributed by atoms with Crippen LogP contribution in [-0.4, -0.2) is 24.8 Å². The van der Waals surface area contributed by atoms with Gasteiger partial charge in [0, 0.05) is 5.38 Å². The van der Waals surface area contributed by atoms with Gasteiger partial charge in [0.15, 0.2) is 0 Å². The molecule has 0 radical (unpaired) electrons. The van der Waals surface area contributed by atoms with Crippen LogP contribution in [0.15, 0.2) is 29.6 Å². The minimum atomic E-state index is -2.28. The molecule has 1 aromatic heterocycles. The number of aromatic nitrogens is 1. The van der Waals surface area contributed by atoms with E-state index in [0.29, 0.717) is 10.8 Å². The van der Waals surface area contributed by atoms with Crippen molar-refractivity contribution in [1.29, 1.82) is 0 Å². The van der Waals surface area contributed by atoms with Crippen LogP contribution in [0.5, 0.6) is 0 Å². The molecule has 1 heterocycles. The van der Waals surface area contributed by atoms with Crippen LogP contribution in [-0.2, 0) is 11.3 Å². The number of hydrogen-bond donors (Lipinski definition) is 2. The number of nitrogens with zero attached hydrogens (tertiary/aromatic N) is 2. The Morgan fingerprint density at radius 2 is 2.00 bits per heavy atom. The van der Waals surface area contributed by atoms with Crippen molar-refractivity contribution in [3.63, 3.8) is 0 Å². The van der Waals surface area contributed by atoms with Crippen LogP contribution in [0.2, 0.25) is 0 Å². The predicted molar refractivity (Wildman–Crippen MR) is 73.2 cm³/mol. The topological polar surface area (TPSA) is 90.7 Å². The molecule has 0 spiro atoms. The first-order valence-electron chi connectivity index (χ1n) is 5.15. The van der Waals surface area contributed by atoms with E-state index in [1.165, 1.54) is 35.6 Å². The van der Waals surface area contributed by atoms with Gasteiger partial charge in [-0.25, -0.2) is 18.3 Å². The summed E-state index contributed by atoms with van der Waals surface area (Å²) >= 11 is -1.04. The van der Waals surface area contributed by atoms with Crippen LogP contribution in [0, 0.1) is 6.92 Å². The fourth-order valence-corrected chi connectivity index (χ4v) is 2.97. The maximum Gasteiger partial charge on any atom is 0.335 e. The van der Waals surface area contributed by atoms with Crippen molar-refractivity contribution >= 4 is 39.4 Å². The predicted octanol–water partition coefficient (Wildman–Crippen LogP) is 2.42. The quantitative estimate of drug-likeness (QED) is 0.846. The summed E-state index contributed by atoms with van der Waals surface area (Å²) in [4.78, 5) is 14.9. The number of thiazole rings is 1. The van der Waals surface area contributed by atoms with Crippen molar-refractivity contribution in [2.75, 3.05) is 4.31 Å². The molecular formula is C11H10N2O4S2. The van der Waals surface area contributed by atoms with Crippen molar-refractivity contribution in [3.05, 3.63) is 40.9 Å². The molecule has 0 fully saturated rings. The Kier molecular flexibility index (Phi) is 3.93. The molecule has 1 aromatic carbocycles. The summed E-state index contributed by atoms with van der Waals surface area (Å²) in [6.07, 6.45) is 0. The molecule has 0 aliphatic heterocycles. The van der Waals surface area contributed by atoms with E-state index in [9.17, 15) is 13.6 Å². The lowest BCUT2D eigenvalue weighted by atomic mass is 10.2. The van der Waals surface area contributed by atoms with E-state index >= 15 is 0 Å². The highest BCUT2D eigenvalue weighted by molar-refractivity contribution is 7.81. The molecule has 2 N–H and O–H groups in total. The molecule has 2 rings (SSSR count). The third kappa shape index (κ3) is 2.98. The largest absolute Gasteiger partial charge is 0.478 e. The molecule has 1 atom stereocenters. The fourth-order valence-electron chi connectivity index (χ4n) is 1.44. The first-order valence-corrected chi connectivity index (χ1v) is 7.10. The third-order valence-corrected chi connectivity index (χ3v) is 4.04. The lowest BCUT2D eigenvalue weighted by molar-refractivity contribution is 0.0697. The zero-order valence-corrected chi connectivity index (χ0v) is 11.4. The van der Waals surface area contributed by atoms with Gasteiger partial charge in [-0.1, -0.05) is 0 Å². The molecule has 0 amide bonds. The number of benzene rings is 1. The van der Waals surface area contributed by atoms with Crippen molar-refractivity contribution in [1.82, 2.24) is 4.98 Å². The zero-order valence-electron chi connectivity index (χ0n) is 9.81. The van der Waals surface area contributed by atoms with E-state index in [-0.39, 0.29) is 5.56 Å². The van der Waals surface area contributed by atoms with Crippen molar-refractivity contribution in [2.45, 2.75) is 6.92 Å². The van der Waals surface area contributed by atoms with Crippen molar-refractivity contribution in [3.8, 4) is 0 Å². The Bertz CT molecular complexity index is 624. The van der Waals surface area contributed by atoms with Gasteiger partial charge in [0.25, 0.3) is 11.3 Å². The molecule has 100 valence electrons. The second-order valence-electron chi connectivity index (χ2n) is 3.65. The number of carbonyl (C=O) groups is 1. The van der Waals surface area contributed by atoms with Crippen LogP contribution in [0.1, 0.15) is 16.1 Å². The van der Waals surface area contributed by atoms with E-state index in [0.717, 1.165) is 10.00 Å². The highest BCUT2D eigenvalue weighted by atomic mass is 32.2. The first kappa shape index (κ1) is 13.7. The van der Waals surface area contributed by atoms with Gasteiger partial charge in [-0.15, -0.1) is 11.3 Å². The van der Waals surface area contributed by atoms with Crippen LogP contribution < -0.4 is 4.31 Å². The smallest absolute Gasteiger partial charge is 0.335 e. The second kappa shape index (κ2) is 5.47. The van der Waals surface area contributed by atoms with Crippen LogP contribution in [0.25, 0.3) is 0 Å². The van der Waals surface area contributed by atoms with E-state index in [2.05, 4.69) is 4.98 Å². The van der Waals surface area contributed by atoms with Gasteiger partial charge in [0.1, 0.15) is 0 Å². The highest BCUT2D eigenvalue weighted by Crippen LogP contribution is 2.29. The molecule has 0 saturated carbocycles. The monoisotopic (exact) mass is 298 g/mol. The molecule has 8 heteroatoms. The SMILES string of the molecule is Cc1csc(N(c2ccc(C(=O)O)cc2)S(=O)O)n1. The maximum absolute atomic E-state index is 11.4. The average molecular weight is 298 g/mol. The van der Waals surface area contributed by atoms with E-state index < -0.39 is 17.2 Å². The number of hydrogen-bond acceptors (Lipinski definition) is 4. The second-order valence-corrected chi connectivity index (χ2v) is 5.31. The summed E-state index contributed by atoms with van der Waals surface area (Å²) in [5.74, 6) is -1.05. The standard InChI is InChI=1S/C11H10N2O4S2/c1-7-6-18-11(12-7)13(19(16)17)9-4-2-8(3-5-9)10(14)15/h2-6H,1H3,(H,14,15)(H,16,17). The van der Waals surface area contributed by atoms with E-state index in [1.54, 1.807) is 12.3 Å². The van der Waals surface area contributed by atoms with Crippen molar-refractivity contribution in [2.24, 2.45) is 0 Å². The molecular weight excluding hydrogens is 288 g/mol. The molecule has 0 saturated heterocycles. The summed E-state index contributed by atoms with van der Waals surface area (Å²) in [5.41, 5.74) is 1.26. The van der Waals surface area contributed by atoms with E-state index in [1.807, 2.05) is 0 Å². The number of aromatic carboxylic acids is 1. The Morgan fingerprint density at radius 3 is 2.42 bits per heavy atom. The Hall–Kier alpha value is -1.77. The summed E-state index contributed by atoms with van der Waals surface area (Å²) < 4.78 is 21.9. The normalized spacial score (nSPS) is 12.1. The third-order valence-electron chi connectivity index (χ3n) is 2.29. The maximum atomic E-state index is 11.4. The number of carboxylic acids is 1. The van der Waals surface area contributed by atoms with E-state index in [4.69, 9.17) is 5.11 Å². The van der Waals surface area contributed by atoms with Gasteiger partial charge in [-0.05, 0) is 31.2 Å². The zero-order chi connectivity index (χ0) is 14.0. The van der Waals surface area contributed by atoms with Crippen LogP contribution >= 0.6 is 11.3 Å². The van der Waals surface area contributed by atoms with Crippen LogP contribution in [0.4, 0.5) is 10.8 Å². The van der Waals surface area contributed by atoms with Crippen LogP contribution in [0.3, 0.4) is 0 Å². The lowest BCUT2D eigenvalue weighted by Gasteiger charge is -2.16. The van der Waals surface area contributed by atoms with Crippen molar-refractivity contribution < 1.29 is 18.7 Å². The number of rotatable bonds is 4. The summed E-state index contributed by atoms with van der Waals surface area (Å²) in [5, 5.41) is 11.0. The Labute approximate surface area is 115 Å². The van der Waals surface area contributed by atoms with Gasteiger partial charge in [0.2, 0.25) is 5.13 Å². The average Bonchev–Trinajstić information content (AvgIpc) is 2.76. The Morgan fingerprint density at radius 1 is 1.37 bits per heavy atom. The fraction of sp³-hybridized carbons (Fsp3) is 0.0909. The minimum Gasteiger partial charge on any atom is -0.478 e. The summed E-state index contributed by atoms with van der Waals surface area (Å²) in [6, 6.07) is 5.68. The molecule has 0 aliphatic rings.